The number of aliphatic carboxylic acids is 3. The van der Waals surface area contributed by atoms with Crippen LogP contribution in [0.15, 0.2) is 0 Å². The molecule has 644 valence electrons. The van der Waals surface area contributed by atoms with Crippen molar-refractivity contribution in [1.82, 2.24) is 0 Å². The maximum atomic E-state index is 12.1. The summed E-state index contributed by atoms with van der Waals surface area (Å²) in [5.74, 6) is -5.31. The molecule has 30 saturated heterocycles. The zero-order valence-corrected chi connectivity index (χ0v) is 86.3. The molecule has 118 heavy (non-hydrogen) atoms. The number of carboxylic acid groups (broad SMARTS) is 3. The van der Waals surface area contributed by atoms with Crippen LogP contribution in [-0.4, -0.2) is 438 Å². The van der Waals surface area contributed by atoms with E-state index in [9.17, 15) is 117 Å². The van der Waals surface area contributed by atoms with E-state index < -0.39 is 289 Å². The van der Waals surface area contributed by atoms with Crippen LogP contribution in [0.3, 0.4) is 0 Å². The predicted molar refractivity (Wildman–Crippen MR) is 383 cm³/mol. The SMILES string of the molecule is [CH2-]CSC[C@H]1O[C@@H]2O[C@H]3[C@H](O)[C@@H](O)[C@@H](O[C@H]4[C@H](O)[C@@H](O)[C@@H](O[C@H]5[C@H](O)[C@@H](O)[C@@H](O[C@H]6[C@H](O)[C@@H](O)[C@@H](O[C@H]7[C@H](O)[C@@H](O)[C@@H](O[C@H]8[C@H](O)[C@@H](O)[C@@H](O[C@H]9[C@H](O)[C@@H](O)[C@@H](O[C@H]1[C@H](O)[C@H]2O)O[C@@H]9CSC[CH2-])O[C@@H]8CSC[CH2-])O[C@@H]7CSC[CH2-])O[C@@H]6CSCCC(=O)[O-])O[C@@H]5CSCCC(=O)[O-])O[C@@H]4CO)O[C@@H]3CSCCC(=O)[O-].[Na+].[Na+].[Na+].[Na+].[Na+].[Na+].[Na+]. The van der Waals surface area contributed by atoms with Crippen LogP contribution in [0.1, 0.15) is 19.3 Å². The van der Waals surface area contributed by atoms with E-state index >= 15 is 0 Å². The van der Waals surface area contributed by atoms with Crippen molar-refractivity contribution >= 4 is 100 Å². The number of ether oxygens (including phenoxy) is 16. The number of carboxylic acids is 3. The van der Waals surface area contributed by atoms with Crippen LogP contribution in [0, 0.1) is 27.7 Å². The van der Waals surface area contributed by atoms with Crippen LogP contribution in [0.2, 0.25) is 0 Å². The molecule has 0 radical (unpaired) electrons. The largest absolute Gasteiger partial charge is 1.00 e. The number of hydrogen-bond donors (Lipinski definition) is 17. The van der Waals surface area contributed by atoms with Crippen molar-refractivity contribution in [3.05, 3.63) is 27.7 Å². The molecule has 0 saturated carbocycles. The summed E-state index contributed by atoms with van der Waals surface area (Å²) in [4.78, 5) is 34.6. The van der Waals surface area contributed by atoms with E-state index in [0.29, 0.717) is 0 Å². The van der Waals surface area contributed by atoms with Gasteiger partial charge in [-0.3, -0.25) is 0 Å². The first-order valence-electron chi connectivity index (χ1n) is 35.7. The molecule has 0 aromatic rings. The zero-order chi connectivity index (χ0) is 80.8. The normalized spacial score (nSPS) is 43.5. The van der Waals surface area contributed by atoms with E-state index in [1.54, 1.807) is 0 Å². The van der Waals surface area contributed by atoms with Crippen LogP contribution >= 0.6 is 82.3 Å². The van der Waals surface area contributed by atoms with E-state index in [-0.39, 0.29) is 287 Å². The molecular formula is C65H101Na7O39S7. The second-order valence-electron chi connectivity index (χ2n) is 27.1. The summed E-state index contributed by atoms with van der Waals surface area (Å²) in [6, 6.07) is 0. The molecule has 0 aliphatic carbocycles. The van der Waals surface area contributed by atoms with Crippen molar-refractivity contribution in [3.63, 3.8) is 0 Å². The standard InChI is InChI=1S/C65H104O39S7.7Na/c1-5-105-16-24-51-36(75)45(84)61(91-24)101-53-26(18-107-7-3)93-63(47(86)38(53)77)103-56-29(21-110-13-10-32(69)70)94-59(43(82)39(56)78)97-50-23(15-66)89-58(42(81)34(50)73)98-55-28(20-109-12-9-31(67)68)95-65(48(87)40(55)79)104-57-30(22-111-14-11-33(71)72)96-64(49(88)41(57)80)102-54-27(19-108-8-4)92-62(46(85)37(54)76)100-52-25(17-106-6-2)90-60(99-51)44(83)35(52)74;;;;;;;/h23-30,34-66,73-88H,1-22H2,(H,67,68)(H,69,70)(H,71,72);;;;;;;/q-4;7*+1/p-3/t23-,24-,25-,26-,27-,28-,29-,30-,34-,35-,36-,37-,38-,39-,40-,41-,42-,43-,44-,45-,46-,47-,48-,49-,50-,51-,52-,53-,54-,55-,56-,57-,58-,59-,60-,61-,62-,63-,64-,65-;;;;;;;/m1......./s1. The van der Waals surface area contributed by atoms with Gasteiger partial charge >= 0.3 is 207 Å². The summed E-state index contributed by atoms with van der Waals surface area (Å²) in [6.45, 7) is 14.3. The average molecular weight is 1890 g/mol. The summed E-state index contributed by atoms with van der Waals surface area (Å²) in [6.07, 6.45) is -77.3. The molecule has 30 aliphatic rings. The number of hydrogen-bond acceptors (Lipinski definition) is 46. The van der Waals surface area contributed by atoms with Gasteiger partial charge in [-0.2, -0.15) is 82.3 Å². The quantitative estimate of drug-likeness (QED) is 0.0196. The Labute approximate surface area is 867 Å². The second kappa shape index (κ2) is 59.5. The predicted octanol–water partition coefficient (Wildman–Crippen LogP) is -32.4. The third-order valence-corrected chi connectivity index (χ3v) is 26.1. The molecule has 30 heterocycles. The van der Waals surface area contributed by atoms with Gasteiger partial charge in [0.15, 0.2) is 50.3 Å². The number of aliphatic hydroxyl groups is 17. The monoisotopic (exact) mass is 1890 g/mol. The second-order valence-corrected chi connectivity index (χ2v) is 35.1. The van der Waals surface area contributed by atoms with Gasteiger partial charge in [-0.15, -0.1) is 23.0 Å². The van der Waals surface area contributed by atoms with Crippen molar-refractivity contribution < 1.29 is 399 Å². The summed E-state index contributed by atoms with van der Waals surface area (Å²) in [5.41, 5.74) is 0. The fourth-order valence-corrected chi connectivity index (χ4v) is 19.3. The van der Waals surface area contributed by atoms with Crippen molar-refractivity contribution in [1.29, 1.82) is 0 Å². The molecule has 0 unspecified atom stereocenters. The minimum Gasteiger partial charge on any atom is -0.550 e. The van der Waals surface area contributed by atoms with E-state index in [1.807, 2.05) is 0 Å². The van der Waals surface area contributed by atoms with Gasteiger partial charge < -0.3 is 220 Å². The van der Waals surface area contributed by atoms with Gasteiger partial charge in [-0.1, -0.05) is 0 Å². The molecule has 30 fully saturated rings. The van der Waals surface area contributed by atoms with Crippen molar-refractivity contribution in [2.45, 2.75) is 265 Å². The first kappa shape index (κ1) is 121. The Bertz CT molecular complexity index is 2840. The van der Waals surface area contributed by atoms with Gasteiger partial charge in [0.05, 0.1) is 49.3 Å². The first-order chi connectivity index (χ1) is 53.0. The number of carbonyl (C=O) groups excluding carboxylic acids is 3. The molecule has 30 rings (SSSR count). The van der Waals surface area contributed by atoms with Gasteiger partial charge in [-0.05, 0) is 36.5 Å². The Morgan fingerprint density at radius 1 is 0.229 bits per heavy atom. The molecule has 16 bridgehead atoms. The topological polar surface area (TPSA) is 612 Å². The van der Waals surface area contributed by atoms with E-state index in [4.69, 9.17) is 75.8 Å². The molecule has 0 aromatic carbocycles. The number of rotatable bonds is 28. The van der Waals surface area contributed by atoms with Crippen LogP contribution in [0.25, 0.3) is 0 Å². The molecule has 0 amide bonds. The molecular weight excluding hydrogens is 1790 g/mol. The minimum atomic E-state index is -2.27. The fourth-order valence-electron chi connectivity index (χ4n) is 13.7. The maximum absolute atomic E-state index is 12.1. The van der Waals surface area contributed by atoms with Gasteiger partial charge in [-0.25, -0.2) is 0 Å². The average Bonchev–Trinajstić information content (AvgIpc) is 0.772. The van der Waals surface area contributed by atoms with Gasteiger partial charge in [0.2, 0.25) is 0 Å². The van der Waals surface area contributed by atoms with Crippen LogP contribution in [-0.2, 0) is 90.2 Å². The van der Waals surface area contributed by atoms with Crippen molar-refractivity contribution in [2.75, 3.05) is 87.1 Å². The smallest absolute Gasteiger partial charge is 0.550 e. The molecule has 39 nitrogen and oxygen atoms in total. The molecule has 0 aromatic heterocycles. The van der Waals surface area contributed by atoms with Crippen LogP contribution < -0.4 is 222 Å². The number of thioether (sulfide) groups is 7. The molecule has 17 N–H and O–H groups in total. The Morgan fingerprint density at radius 2 is 0.364 bits per heavy atom. The van der Waals surface area contributed by atoms with Gasteiger partial charge in [0.1, 0.15) is 153 Å². The number of aliphatic hydroxyl groups excluding tert-OH is 17. The van der Waals surface area contributed by atoms with E-state index in [0.717, 1.165) is 58.8 Å². The molecule has 0 spiro atoms. The Hall–Kier alpha value is 6.54. The van der Waals surface area contributed by atoms with Crippen LogP contribution in [0.5, 0.6) is 0 Å². The Balaban J connectivity index is 0.00000674. The van der Waals surface area contributed by atoms with E-state index in [2.05, 4.69) is 27.7 Å². The summed E-state index contributed by atoms with van der Waals surface area (Å²) in [5, 5.41) is 237. The molecule has 30 aliphatic heterocycles. The Morgan fingerprint density at radius 3 is 0.500 bits per heavy atom. The van der Waals surface area contributed by atoms with Crippen molar-refractivity contribution in [2.24, 2.45) is 0 Å². The van der Waals surface area contributed by atoms with Crippen molar-refractivity contribution in [3.8, 4) is 0 Å². The first-order valence-corrected chi connectivity index (χ1v) is 43.8. The van der Waals surface area contributed by atoms with E-state index in [1.165, 1.54) is 23.5 Å². The minimum absolute atomic E-state index is 0. The summed E-state index contributed by atoms with van der Waals surface area (Å²) >= 11 is 7.33. The number of carbonyl (C=O) groups is 3. The molecule has 53 heteroatoms. The third kappa shape index (κ3) is 32.1. The van der Waals surface area contributed by atoms with Gasteiger partial charge in [0, 0.05) is 58.2 Å². The summed E-state index contributed by atoms with van der Waals surface area (Å²) < 4.78 is 99.3. The van der Waals surface area contributed by atoms with Crippen LogP contribution in [0.4, 0.5) is 0 Å². The Kier molecular flexibility index (Phi) is 60.8. The third-order valence-electron chi connectivity index (χ3n) is 19.5. The molecule has 40 atom stereocenters. The van der Waals surface area contributed by atoms with Gasteiger partial charge in [0.25, 0.3) is 0 Å². The maximum Gasteiger partial charge on any atom is 1.00 e. The fraction of sp³-hybridized carbons (Fsp3) is 0.892. The summed E-state index contributed by atoms with van der Waals surface area (Å²) in [7, 11) is 0. The zero-order valence-electron chi connectivity index (χ0n) is 66.6.